The van der Waals surface area contributed by atoms with Crippen molar-refractivity contribution in [2.75, 3.05) is 0 Å². The number of benzene rings is 1. The van der Waals surface area contributed by atoms with E-state index >= 15 is 0 Å². The number of rotatable bonds is 1. The normalized spacial score (nSPS) is 11.1. The fourth-order valence-corrected chi connectivity index (χ4v) is 2.29. The molecule has 1 aromatic carbocycles. The lowest BCUT2D eigenvalue weighted by Crippen LogP contribution is -2.00. The molecule has 4 nitrogen and oxygen atoms in total. The van der Waals surface area contributed by atoms with Crippen LogP contribution in [0.4, 0.5) is 0 Å². The van der Waals surface area contributed by atoms with Crippen molar-refractivity contribution in [2.24, 2.45) is 0 Å². The first-order chi connectivity index (χ1) is 8.66. The lowest BCUT2D eigenvalue weighted by atomic mass is 10.2. The molecule has 3 rings (SSSR count). The van der Waals surface area contributed by atoms with Crippen molar-refractivity contribution in [2.45, 2.75) is 13.8 Å². The predicted octanol–water partition coefficient (Wildman–Crippen LogP) is 3.06. The Hall–Kier alpha value is -1.94. The average Bonchev–Trinajstić information content (AvgIpc) is 2.66. The number of hydrogen-bond acceptors (Lipinski definition) is 3. The maximum Gasteiger partial charge on any atom is 0.181 e. The van der Waals surface area contributed by atoms with Crippen LogP contribution in [0, 0.1) is 13.8 Å². The van der Waals surface area contributed by atoms with Gasteiger partial charge in [0.15, 0.2) is 11.0 Å². The molecule has 0 saturated carbocycles. The van der Waals surface area contributed by atoms with Gasteiger partial charge in [-0.2, -0.15) is 0 Å². The van der Waals surface area contributed by atoms with E-state index in [-0.39, 0.29) is 0 Å². The van der Waals surface area contributed by atoms with Crippen LogP contribution in [0.15, 0.2) is 30.3 Å². The molecule has 2 heterocycles. The van der Waals surface area contributed by atoms with E-state index in [1.807, 2.05) is 44.2 Å². The van der Waals surface area contributed by atoms with Gasteiger partial charge in [0, 0.05) is 5.56 Å². The Bertz CT molecular complexity index is 719. The van der Waals surface area contributed by atoms with Crippen molar-refractivity contribution >= 4 is 17.1 Å². The van der Waals surface area contributed by atoms with Crippen LogP contribution in [0.5, 0.6) is 0 Å². The minimum Gasteiger partial charge on any atom is -0.236 e. The van der Waals surface area contributed by atoms with Crippen molar-refractivity contribution in [1.29, 1.82) is 0 Å². The third kappa shape index (κ3) is 1.66. The van der Waals surface area contributed by atoms with E-state index < -0.39 is 0 Å². The number of fused-ring (bicyclic) bond motifs is 1. The van der Waals surface area contributed by atoms with Gasteiger partial charge in [-0.15, -0.1) is 5.10 Å². The minimum absolute atomic E-state index is 0.432. The predicted molar refractivity (Wildman–Crippen MR) is 70.7 cm³/mol. The minimum atomic E-state index is 0.432. The molecule has 18 heavy (non-hydrogen) atoms. The number of aryl methyl sites for hydroxylation is 2. The summed E-state index contributed by atoms with van der Waals surface area (Å²) in [6.07, 6.45) is 0. The van der Waals surface area contributed by atoms with Gasteiger partial charge in [0.2, 0.25) is 0 Å². The summed E-state index contributed by atoms with van der Waals surface area (Å²) in [6.45, 7) is 3.80. The topological polar surface area (TPSA) is 43.1 Å². The zero-order valence-electron chi connectivity index (χ0n) is 10.1. The summed E-state index contributed by atoms with van der Waals surface area (Å²) in [5.41, 5.74) is 2.55. The number of aromatic nitrogens is 4. The molecule has 0 aliphatic heterocycles. The molecule has 0 spiro atoms. The number of nitrogens with zero attached hydrogens (tertiary/aromatic N) is 4. The zero-order valence-corrected chi connectivity index (χ0v) is 10.8. The standard InChI is InChI=1S/C13H11ClN4/c1-8-11-12(14)16-13(10-6-4-3-5-7-10)17-18(11)9(2)15-8/h3-7H,1-2H3. The first-order valence-electron chi connectivity index (χ1n) is 5.61. The van der Waals surface area contributed by atoms with Gasteiger partial charge in [-0.1, -0.05) is 41.9 Å². The molecule has 0 aliphatic carbocycles. The second-order valence-electron chi connectivity index (χ2n) is 4.10. The van der Waals surface area contributed by atoms with Crippen LogP contribution in [0.1, 0.15) is 11.5 Å². The average molecular weight is 259 g/mol. The molecule has 0 atom stereocenters. The Labute approximate surface area is 109 Å². The molecular formula is C13H11ClN4. The molecule has 3 aromatic rings. The maximum absolute atomic E-state index is 6.22. The highest BCUT2D eigenvalue weighted by Crippen LogP contribution is 2.23. The molecule has 0 amide bonds. The lowest BCUT2D eigenvalue weighted by Gasteiger charge is -2.03. The smallest absolute Gasteiger partial charge is 0.181 e. The van der Waals surface area contributed by atoms with E-state index in [9.17, 15) is 0 Å². The first-order valence-corrected chi connectivity index (χ1v) is 5.99. The van der Waals surface area contributed by atoms with Gasteiger partial charge in [-0.05, 0) is 13.8 Å². The monoisotopic (exact) mass is 258 g/mol. The Balaban J connectivity index is 2.31. The number of halogens is 1. The van der Waals surface area contributed by atoms with Crippen molar-refractivity contribution < 1.29 is 0 Å². The molecule has 0 radical (unpaired) electrons. The van der Waals surface area contributed by atoms with Crippen molar-refractivity contribution in [1.82, 2.24) is 19.6 Å². The van der Waals surface area contributed by atoms with E-state index in [4.69, 9.17) is 11.6 Å². The first kappa shape index (κ1) is 11.2. The Morgan fingerprint density at radius 2 is 1.78 bits per heavy atom. The second kappa shape index (κ2) is 4.07. The summed E-state index contributed by atoms with van der Waals surface area (Å²) in [7, 11) is 0. The summed E-state index contributed by atoms with van der Waals surface area (Å²) in [6, 6.07) is 9.76. The van der Waals surface area contributed by atoms with E-state index in [0.717, 1.165) is 22.6 Å². The highest BCUT2D eigenvalue weighted by atomic mass is 35.5. The van der Waals surface area contributed by atoms with Gasteiger partial charge in [-0.25, -0.2) is 14.5 Å². The number of imidazole rings is 1. The molecule has 0 fully saturated rings. The highest BCUT2D eigenvalue weighted by molar-refractivity contribution is 6.32. The van der Waals surface area contributed by atoms with Crippen LogP contribution in [-0.2, 0) is 0 Å². The summed E-state index contributed by atoms with van der Waals surface area (Å²) in [5, 5.41) is 4.92. The van der Waals surface area contributed by atoms with Gasteiger partial charge >= 0.3 is 0 Å². The van der Waals surface area contributed by atoms with Crippen LogP contribution in [0.25, 0.3) is 16.9 Å². The summed E-state index contributed by atoms with van der Waals surface area (Å²) in [4.78, 5) is 8.70. The fourth-order valence-electron chi connectivity index (χ4n) is 1.99. The van der Waals surface area contributed by atoms with Crippen LogP contribution in [0.2, 0.25) is 5.15 Å². The third-order valence-corrected chi connectivity index (χ3v) is 3.08. The largest absolute Gasteiger partial charge is 0.236 e. The van der Waals surface area contributed by atoms with E-state index in [0.29, 0.717) is 11.0 Å². The van der Waals surface area contributed by atoms with Crippen LogP contribution < -0.4 is 0 Å². The molecule has 2 aromatic heterocycles. The number of hydrogen-bond donors (Lipinski definition) is 0. The Morgan fingerprint density at radius 1 is 1.06 bits per heavy atom. The highest BCUT2D eigenvalue weighted by Gasteiger charge is 2.13. The summed E-state index contributed by atoms with van der Waals surface area (Å²) < 4.78 is 1.74. The van der Waals surface area contributed by atoms with Gasteiger partial charge in [0.05, 0.1) is 5.69 Å². The lowest BCUT2D eigenvalue weighted by molar-refractivity contribution is 0.860. The maximum atomic E-state index is 6.22. The van der Waals surface area contributed by atoms with Crippen molar-refractivity contribution in [3.05, 3.63) is 47.0 Å². The second-order valence-corrected chi connectivity index (χ2v) is 4.46. The van der Waals surface area contributed by atoms with Crippen molar-refractivity contribution in [3.63, 3.8) is 0 Å². The summed E-state index contributed by atoms with van der Waals surface area (Å²) >= 11 is 6.22. The molecule has 0 bridgehead atoms. The van der Waals surface area contributed by atoms with E-state index in [2.05, 4.69) is 15.1 Å². The molecule has 0 aliphatic rings. The molecule has 5 heteroatoms. The third-order valence-electron chi connectivity index (χ3n) is 2.82. The van der Waals surface area contributed by atoms with Crippen LogP contribution >= 0.6 is 11.6 Å². The van der Waals surface area contributed by atoms with Gasteiger partial charge < -0.3 is 0 Å². The van der Waals surface area contributed by atoms with Crippen LogP contribution in [-0.4, -0.2) is 19.6 Å². The molecule has 90 valence electrons. The van der Waals surface area contributed by atoms with E-state index in [1.54, 1.807) is 4.52 Å². The SMILES string of the molecule is Cc1nc(C)n2nc(-c3ccccc3)nc(Cl)c12. The molecule has 0 unspecified atom stereocenters. The molecular weight excluding hydrogens is 248 g/mol. The Morgan fingerprint density at radius 3 is 2.50 bits per heavy atom. The van der Waals surface area contributed by atoms with Crippen LogP contribution in [0.3, 0.4) is 0 Å². The fraction of sp³-hybridized carbons (Fsp3) is 0.154. The zero-order chi connectivity index (χ0) is 12.7. The summed E-state index contributed by atoms with van der Waals surface area (Å²) in [5.74, 6) is 1.41. The molecule has 0 saturated heterocycles. The Kier molecular flexibility index (Phi) is 2.52. The van der Waals surface area contributed by atoms with E-state index in [1.165, 1.54) is 0 Å². The quantitative estimate of drug-likeness (QED) is 0.674. The van der Waals surface area contributed by atoms with Gasteiger partial charge in [0.25, 0.3) is 0 Å². The van der Waals surface area contributed by atoms with Gasteiger partial charge in [0.1, 0.15) is 11.3 Å². The van der Waals surface area contributed by atoms with Gasteiger partial charge in [-0.3, -0.25) is 0 Å². The molecule has 0 N–H and O–H groups in total. The van der Waals surface area contributed by atoms with Crippen molar-refractivity contribution in [3.8, 4) is 11.4 Å².